The van der Waals surface area contributed by atoms with E-state index in [1.165, 1.54) is 0 Å². The minimum Gasteiger partial charge on any atom is -0.234 e. The van der Waals surface area contributed by atoms with Crippen LogP contribution in [0.25, 0.3) is 11.6 Å². The summed E-state index contributed by atoms with van der Waals surface area (Å²) in [6.07, 6.45) is 7.88. The van der Waals surface area contributed by atoms with Gasteiger partial charge in [0.2, 0.25) is 0 Å². The molecule has 0 aromatic carbocycles. The lowest BCUT2D eigenvalue weighted by Gasteiger charge is -2.04. The predicted molar refractivity (Wildman–Crippen MR) is 81.3 cm³/mol. The highest BCUT2D eigenvalue weighted by atomic mass is 14.9. The van der Waals surface area contributed by atoms with E-state index in [0.717, 1.165) is 35.6 Å². The van der Waals surface area contributed by atoms with Gasteiger partial charge < -0.3 is 0 Å². The van der Waals surface area contributed by atoms with E-state index in [4.69, 9.17) is 0 Å². The van der Waals surface area contributed by atoms with Gasteiger partial charge in [-0.15, -0.1) is 0 Å². The van der Waals surface area contributed by atoms with Gasteiger partial charge in [0, 0.05) is 0 Å². The Morgan fingerprint density at radius 1 is 1.28 bits per heavy atom. The molecule has 0 N–H and O–H groups in total. The van der Waals surface area contributed by atoms with Gasteiger partial charge in [0.15, 0.2) is 0 Å². The molecule has 2 heteroatoms. The molecule has 0 unspecified atom stereocenters. The number of hydrogen-bond acceptors (Lipinski definition) is 2. The van der Waals surface area contributed by atoms with Crippen LogP contribution in [0.5, 0.6) is 0 Å². The molecule has 0 spiro atoms. The maximum Gasteiger partial charge on any atom is 0.126 e. The summed E-state index contributed by atoms with van der Waals surface area (Å²) in [6, 6.07) is 1.93. The minimum absolute atomic E-state index is 0.761. The maximum absolute atomic E-state index is 4.41. The summed E-state index contributed by atoms with van der Waals surface area (Å²) in [7, 11) is 0. The van der Waals surface area contributed by atoms with Gasteiger partial charge in [-0.25, -0.2) is 9.97 Å². The Labute approximate surface area is 111 Å². The van der Waals surface area contributed by atoms with E-state index in [1.807, 2.05) is 32.9 Å². The first kappa shape index (κ1) is 16.3. The van der Waals surface area contributed by atoms with Crippen LogP contribution < -0.4 is 0 Å². The molecule has 0 bridgehead atoms. The average molecular weight is 244 g/mol. The normalized spacial score (nSPS) is 10.3. The van der Waals surface area contributed by atoms with E-state index >= 15 is 0 Å². The molecular formula is C16H24N2. The van der Waals surface area contributed by atoms with Crippen LogP contribution in [0.4, 0.5) is 0 Å². The molecule has 1 heterocycles. The third kappa shape index (κ3) is 5.09. The van der Waals surface area contributed by atoms with Crippen molar-refractivity contribution in [2.45, 2.75) is 40.5 Å². The summed E-state index contributed by atoms with van der Waals surface area (Å²) in [5, 5.41) is 0. The second kappa shape index (κ2) is 9.34. The summed E-state index contributed by atoms with van der Waals surface area (Å²) < 4.78 is 0. The van der Waals surface area contributed by atoms with Gasteiger partial charge in [-0.2, -0.15) is 0 Å². The molecule has 0 fully saturated rings. The summed E-state index contributed by atoms with van der Waals surface area (Å²) in [6.45, 7) is 15.6. The average Bonchev–Trinajstić information content (AvgIpc) is 2.41. The first-order chi connectivity index (χ1) is 8.71. The molecule has 0 aliphatic carbocycles. The number of aryl methyl sites for hydroxylation is 1. The molecule has 1 aromatic rings. The molecular weight excluding hydrogens is 220 g/mol. The summed E-state index contributed by atoms with van der Waals surface area (Å²) in [5.41, 5.74) is 2.84. The Morgan fingerprint density at radius 2 is 1.94 bits per heavy atom. The standard InChI is InChI=1S/C14H18N2.C2H6/c1-5-8-9-12(6-2)14-10-13(7-3)15-11(4)16-14;1-2/h6-7,9-10H,2-3,5,8H2,1,4H3;1-2H3/b12-9+;. The first-order valence-electron chi connectivity index (χ1n) is 6.52. The Morgan fingerprint density at radius 3 is 2.44 bits per heavy atom. The van der Waals surface area contributed by atoms with Crippen LogP contribution in [-0.4, -0.2) is 9.97 Å². The maximum atomic E-state index is 4.41. The van der Waals surface area contributed by atoms with Crippen molar-refractivity contribution < 1.29 is 0 Å². The topological polar surface area (TPSA) is 25.8 Å². The second-order valence-electron chi connectivity index (χ2n) is 3.58. The third-order valence-electron chi connectivity index (χ3n) is 2.24. The summed E-state index contributed by atoms with van der Waals surface area (Å²) in [5.74, 6) is 0.761. The fraction of sp³-hybridized carbons (Fsp3) is 0.375. The number of hydrogen-bond donors (Lipinski definition) is 0. The molecule has 0 saturated carbocycles. The van der Waals surface area contributed by atoms with Gasteiger partial charge in [0.25, 0.3) is 0 Å². The van der Waals surface area contributed by atoms with Crippen LogP contribution in [0.1, 0.15) is 50.8 Å². The summed E-state index contributed by atoms with van der Waals surface area (Å²) in [4.78, 5) is 8.67. The van der Waals surface area contributed by atoms with Gasteiger partial charge >= 0.3 is 0 Å². The predicted octanol–water partition coefficient (Wildman–Crippen LogP) is 4.82. The quantitative estimate of drug-likeness (QED) is 0.694. The second-order valence-corrected chi connectivity index (χ2v) is 3.58. The lowest BCUT2D eigenvalue weighted by atomic mass is 10.1. The minimum atomic E-state index is 0.761. The summed E-state index contributed by atoms with van der Waals surface area (Å²) >= 11 is 0. The van der Waals surface area contributed by atoms with Crippen LogP contribution in [-0.2, 0) is 0 Å². The molecule has 0 radical (unpaired) electrons. The van der Waals surface area contributed by atoms with Crippen molar-refractivity contribution in [2.24, 2.45) is 0 Å². The van der Waals surface area contributed by atoms with Crippen molar-refractivity contribution in [1.29, 1.82) is 0 Å². The highest BCUT2D eigenvalue weighted by molar-refractivity contribution is 5.72. The van der Waals surface area contributed by atoms with E-state index in [9.17, 15) is 0 Å². The highest BCUT2D eigenvalue weighted by Gasteiger charge is 2.02. The van der Waals surface area contributed by atoms with E-state index in [-0.39, 0.29) is 0 Å². The zero-order valence-electron chi connectivity index (χ0n) is 12.0. The Balaban J connectivity index is 0.00000137. The molecule has 0 atom stereocenters. The number of aromatic nitrogens is 2. The molecule has 1 rings (SSSR count). The van der Waals surface area contributed by atoms with Crippen molar-refractivity contribution in [3.63, 3.8) is 0 Å². The third-order valence-corrected chi connectivity index (χ3v) is 2.24. The van der Waals surface area contributed by atoms with Gasteiger partial charge in [0.1, 0.15) is 5.82 Å². The molecule has 0 aliphatic rings. The largest absolute Gasteiger partial charge is 0.234 e. The molecule has 2 nitrogen and oxygen atoms in total. The zero-order valence-corrected chi connectivity index (χ0v) is 12.0. The molecule has 0 amide bonds. The van der Waals surface area contributed by atoms with Gasteiger partial charge in [-0.3, -0.25) is 0 Å². The van der Waals surface area contributed by atoms with Gasteiger partial charge in [0.05, 0.1) is 11.4 Å². The van der Waals surface area contributed by atoms with E-state index < -0.39 is 0 Å². The van der Waals surface area contributed by atoms with Crippen molar-refractivity contribution in [3.05, 3.63) is 48.6 Å². The van der Waals surface area contributed by atoms with Crippen LogP contribution in [0.2, 0.25) is 0 Å². The fourth-order valence-electron chi connectivity index (χ4n) is 1.44. The van der Waals surface area contributed by atoms with E-state index in [2.05, 4.69) is 36.1 Å². The Bertz CT molecular complexity index is 417. The lowest BCUT2D eigenvalue weighted by molar-refractivity contribution is 0.957. The van der Waals surface area contributed by atoms with Crippen molar-refractivity contribution >= 4 is 11.6 Å². The van der Waals surface area contributed by atoms with E-state index in [1.54, 1.807) is 6.08 Å². The Kier molecular flexibility index (Phi) is 8.46. The van der Waals surface area contributed by atoms with Gasteiger partial charge in [-0.05, 0) is 31.1 Å². The van der Waals surface area contributed by atoms with Crippen LogP contribution in [0.3, 0.4) is 0 Å². The molecule has 18 heavy (non-hydrogen) atoms. The van der Waals surface area contributed by atoms with Crippen LogP contribution in [0, 0.1) is 6.92 Å². The molecule has 1 aromatic heterocycles. The number of rotatable bonds is 5. The first-order valence-corrected chi connectivity index (χ1v) is 6.52. The zero-order chi connectivity index (χ0) is 14.0. The number of nitrogens with zero attached hydrogens (tertiary/aromatic N) is 2. The SMILES string of the molecule is C=C/C(=C\CCC)c1cc(C=C)nc(C)n1.CC. The van der Waals surface area contributed by atoms with Crippen LogP contribution >= 0.6 is 0 Å². The van der Waals surface area contributed by atoms with Crippen LogP contribution in [0.15, 0.2) is 31.4 Å². The molecule has 0 saturated heterocycles. The fourth-order valence-corrected chi connectivity index (χ4v) is 1.44. The monoisotopic (exact) mass is 244 g/mol. The number of unbranched alkanes of at least 4 members (excludes halogenated alkanes) is 1. The lowest BCUT2D eigenvalue weighted by Crippen LogP contribution is -1.96. The molecule has 98 valence electrons. The smallest absolute Gasteiger partial charge is 0.126 e. The van der Waals surface area contributed by atoms with Crippen molar-refractivity contribution in [1.82, 2.24) is 9.97 Å². The van der Waals surface area contributed by atoms with E-state index in [0.29, 0.717) is 0 Å². The highest BCUT2D eigenvalue weighted by Crippen LogP contribution is 2.16. The van der Waals surface area contributed by atoms with Gasteiger partial charge in [-0.1, -0.05) is 52.5 Å². The van der Waals surface area contributed by atoms with Crippen molar-refractivity contribution in [3.8, 4) is 0 Å². The Hall–Kier alpha value is -1.70. The van der Waals surface area contributed by atoms with Crippen molar-refractivity contribution in [2.75, 3.05) is 0 Å². The molecule has 0 aliphatic heterocycles. The number of allylic oxidation sites excluding steroid dienone is 3.